The third-order valence-corrected chi connectivity index (χ3v) is 4.88. The quantitative estimate of drug-likeness (QED) is 0.593. The summed E-state index contributed by atoms with van der Waals surface area (Å²) >= 11 is 1.73. The SMILES string of the molecule is CSc1ccc(CN(C)[C@@H](C)c2nnc(-c3ccc(F)cc3)o2)cc1. The highest BCUT2D eigenvalue weighted by molar-refractivity contribution is 7.98. The van der Waals surface area contributed by atoms with Crippen LogP contribution in [0.1, 0.15) is 24.4 Å². The fraction of sp³-hybridized carbons (Fsp3) is 0.263. The van der Waals surface area contributed by atoms with Crippen molar-refractivity contribution in [3.05, 3.63) is 65.8 Å². The molecule has 0 fully saturated rings. The lowest BCUT2D eigenvalue weighted by Gasteiger charge is -2.21. The summed E-state index contributed by atoms with van der Waals surface area (Å²) in [5, 5.41) is 8.23. The van der Waals surface area contributed by atoms with Crippen LogP contribution >= 0.6 is 11.8 Å². The Balaban J connectivity index is 1.69. The van der Waals surface area contributed by atoms with Gasteiger partial charge >= 0.3 is 0 Å². The summed E-state index contributed by atoms with van der Waals surface area (Å²) < 4.78 is 18.8. The maximum Gasteiger partial charge on any atom is 0.247 e. The van der Waals surface area contributed by atoms with E-state index in [-0.39, 0.29) is 11.9 Å². The highest BCUT2D eigenvalue weighted by Gasteiger charge is 2.19. The predicted molar refractivity (Wildman–Crippen MR) is 97.8 cm³/mol. The van der Waals surface area contributed by atoms with Crippen molar-refractivity contribution in [3.8, 4) is 11.5 Å². The zero-order chi connectivity index (χ0) is 17.8. The van der Waals surface area contributed by atoms with Gasteiger partial charge in [0.05, 0.1) is 6.04 Å². The normalized spacial score (nSPS) is 12.5. The molecule has 130 valence electrons. The van der Waals surface area contributed by atoms with Crippen LogP contribution in [0.5, 0.6) is 0 Å². The maximum atomic E-state index is 13.0. The zero-order valence-electron chi connectivity index (χ0n) is 14.4. The minimum atomic E-state index is -0.288. The molecule has 0 N–H and O–H groups in total. The average Bonchev–Trinajstić information content (AvgIpc) is 3.12. The molecule has 4 nitrogen and oxygen atoms in total. The first-order valence-corrected chi connectivity index (χ1v) is 9.22. The number of thioether (sulfide) groups is 1. The zero-order valence-corrected chi connectivity index (χ0v) is 15.3. The number of aromatic nitrogens is 2. The van der Waals surface area contributed by atoms with Crippen LogP contribution in [0.3, 0.4) is 0 Å². The summed E-state index contributed by atoms with van der Waals surface area (Å²) in [7, 11) is 2.02. The van der Waals surface area contributed by atoms with Gasteiger partial charge in [-0.25, -0.2) is 4.39 Å². The Morgan fingerprint density at radius 2 is 1.76 bits per heavy atom. The minimum Gasteiger partial charge on any atom is -0.419 e. The van der Waals surface area contributed by atoms with Crippen LogP contribution in [0.2, 0.25) is 0 Å². The Morgan fingerprint density at radius 3 is 2.40 bits per heavy atom. The van der Waals surface area contributed by atoms with Gasteiger partial charge in [0.2, 0.25) is 11.8 Å². The van der Waals surface area contributed by atoms with Gasteiger partial charge in [-0.2, -0.15) is 0 Å². The Kier molecular flexibility index (Phi) is 5.50. The molecule has 0 unspecified atom stereocenters. The molecule has 0 radical (unpaired) electrons. The van der Waals surface area contributed by atoms with Crippen molar-refractivity contribution in [2.75, 3.05) is 13.3 Å². The van der Waals surface area contributed by atoms with E-state index < -0.39 is 0 Å². The number of benzene rings is 2. The van der Waals surface area contributed by atoms with Crippen molar-refractivity contribution in [2.24, 2.45) is 0 Å². The molecule has 1 aromatic heterocycles. The second-order valence-corrected chi connectivity index (χ2v) is 6.77. The number of nitrogens with zero attached hydrogens (tertiary/aromatic N) is 3. The molecule has 0 saturated heterocycles. The molecule has 0 aliphatic heterocycles. The van der Waals surface area contributed by atoms with Gasteiger partial charge in [-0.15, -0.1) is 22.0 Å². The van der Waals surface area contributed by atoms with Crippen LogP contribution in [0.15, 0.2) is 57.8 Å². The van der Waals surface area contributed by atoms with Crippen LogP contribution < -0.4 is 0 Å². The monoisotopic (exact) mass is 357 g/mol. The van der Waals surface area contributed by atoms with Crippen molar-refractivity contribution in [1.82, 2.24) is 15.1 Å². The first-order chi connectivity index (χ1) is 12.1. The molecule has 1 atom stereocenters. The maximum absolute atomic E-state index is 13.0. The smallest absolute Gasteiger partial charge is 0.247 e. The van der Waals surface area contributed by atoms with E-state index in [2.05, 4.69) is 45.6 Å². The molecular formula is C19H20FN3OS. The van der Waals surface area contributed by atoms with Crippen LogP contribution in [-0.4, -0.2) is 28.4 Å². The van der Waals surface area contributed by atoms with Gasteiger partial charge in [0.15, 0.2) is 0 Å². The minimum absolute atomic E-state index is 0.0260. The van der Waals surface area contributed by atoms with Crippen LogP contribution in [0.25, 0.3) is 11.5 Å². The molecule has 1 heterocycles. The molecule has 3 aromatic rings. The van der Waals surface area contributed by atoms with E-state index in [0.717, 1.165) is 6.54 Å². The van der Waals surface area contributed by atoms with E-state index >= 15 is 0 Å². The Morgan fingerprint density at radius 1 is 1.08 bits per heavy atom. The molecule has 25 heavy (non-hydrogen) atoms. The van der Waals surface area contributed by atoms with E-state index in [1.807, 2.05) is 14.0 Å². The Bertz CT molecular complexity index is 817. The fourth-order valence-electron chi connectivity index (χ4n) is 2.46. The third kappa shape index (κ3) is 4.27. The summed E-state index contributed by atoms with van der Waals surface area (Å²) in [4.78, 5) is 3.40. The van der Waals surface area contributed by atoms with Crippen molar-refractivity contribution < 1.29 is 8.81 Å². The topological polar surface area (TPSA) is 42.2 Å². The highest BCUT2D eigenvalue weighted by Crippen LogP contribution is 2.25. The Hall–Kier alpha value is -2.18. The van der Waals surface area contributed by atoms with E-state index in [1.54, 1.807) is 23.9 Å². The molecule has 2 aromatic carbocycles. The second-order valence-electron chi connectivity index (χ2n) is 5.89. The second kappa shape index (κ2) is 7.80. The lowest BCUT2D eigenvalue weighted by molar-refractivity contribution is 0.218. The van der Waals surface area contributed by atoms with Crippen molar-refractivity contribution in [3.63, 3.8) is 0 Å². The van der Waals surface area contributed by atoms with Gasteiger partial charge in [-0.3, -0.25) is 4.90 Å². The van der Waals surface area contributed by atoms with Crippen LogP contribution in [-0.2, 0) is 6.54 Å². The van der Waals surface area contributed by atoms with Crippen LogP contribution in [0.4, 0.5) is 4.39 Å². The predicted octanol–water partition coefficient (Wildman–Crippen LogP) is 4.79. The van der Waals surface area contributed by atoms with Crippen molar-refractivity contribution in [1.29, 1.82) is 0 Å². The largest absolute Gasteiger partial charge is 0.419 e. The molecule has 0 aliphatic carbocycles. The number of hydrogen-bond donors (Lipinski definition) is 0. The van der Waals surface area contributed by atoms with Crippen LogP contribution in [0, 0.1) is 5.82 Å². The number of hydrogen-bond acceptors (Lipinski definition) is 5. The van der Waals surface area contributed by atoms with E-state index in [9.17, 15) is 4.39 Å². The third-order valence-electron chi connectivity index (χ3n) is 4.14. The van der Waals surface area contributed by atoms with Crippen molar-refractivity contribution in [2.45, 2.75) is 24.4 Å². The number of rotatable bonds is 6. The molecule has 0 spiro atoms. The molecule has 0 aliphatic rings. The molecular weight excluding hydrogens is 337 g/mol. The summed E-state index contributed by atoms with van der Waals surface area (Å²) in [6, 6.07) is 14.5. The van der Waals surface area contributed by atoms with Gasteiger partial charge in [-0.1, -0.05) is 12.1 Å². The number of halogens is 1. The Labute approximate surface area is 151 Å². The van der Waals surface area contributed by atoms with Gasteiger partial charge in [0.25, 0.3) is 0 Å². The van der Waals surface area contributed by atoms with Gasteiger partial charge in [0, 0.05) is 17.0 Å². The summed E-state index contributed by atoms with van der Waals surface area (Å²) in [5.74, 6) is 0.659. The first kappa shape index (κ1) is 17.6. The summed E-state index contributed by atoms with van der Waals surface area (Å²) in [6.07, 6.45) is 2.07. The van der Waals surface area contributed by atoms with E-state index in [0.29, 0.717) is 17.3 Å². The van der Waals surface area contributed by atoms with Crippen molar-refractivity contribution >= 4 is 11.8 Å². The van der Waals surface area contributed by atoms with E-state index in [1.165, 1.54) is 22.6 Å². The fourth-order valence-corrected chi connectivity index (χ4v) is 2.87. The summed E-state index contributed by atoms with van der Waals surface area (Å²) in [6.45, 7) is 2.81. The van der Waals surface area contributed by atoms with Gasteiger partial charge in [-0.05, 0) is 62.2 Å². The van der Waals surface area contributed by atoms with Gasteiger partial charge < -0.3 is 4.42 Å². The molecule has 3 rings (SSSR count). The summed E-state index contributed by atoms with van der Waals surface area (Å²) in [5.41, 5.74) is 1.94. The molecule has 6 heteroatoms. The lowest BCUT2D eigenvalue weighted by Crippen LogP contribution is -2.22. The highest BCUT2D eigenvalue weighted by atomic mass is 32.2. The lowest BCUT2D eigenvalue weighted by atomic mass is 10.2. The first-order valence-electron chi connectivity index (χ1n) is 7.99. The van der Waals surface area contributed by atoms with E-state index in [4.69, 9.17) is 4.42 Å². The standard InChI is InChI=1S/C19H20FN3OS/c1-13(23(2)12-14-4-10-17(25-3)11-5-14)18-21-22-19(24-18)15-6-8-16(20)9-7-15/h4-11,13H,12H2,1-3H3/t13-/m0/s1. The molecule has 0 saturated carbocycles. The average molecular weight is 357 g/mol. The van der Waals surface area contributed by atoms with Gasteiger partial charge in [0.1, 0.15) is 5.82 Å². The molecule has 0 amide bonds. The molecule has 0 bridgehead atoms.